The molecule has 74 valence electrons. The van der Waals surface area contributed by atoms with Crippen LogP contribution in [-0.2, 0) is 6.54 Å². The highest BCUT2D eigenvalue weighted by atomic mass is 16.3. The molecule has 0 aliphatic heterocycles. The molecule has 0 bridgehead atoms. The number of rotatable bonds is 4. The van der Waals surface area contributed by atoms with Crippen LogP contribution in [0.5, 0.6) is 0 Å². The normalized spacial score (nSPS) is 11.1. The smallest absolute Gasteiger partial charge is 0.328 e. The molecule has 0 spiro atoms. The maximum Gasteiger partial charge on any atom is 0.328 e. The molecule has 0 aromatic carbocycles. The van der Waals surface area contributed by atoms with E-state index < -0.39 is 0 Å². The molecular weight excluding hydrogens is 168 g/mol. The molecule has 1 N–H and O–H groups in total. The van der Waals surface area contributed by atoms with Crippen molar-refractivity contribution in [2.75, 3.05) is 6.61 Å². The summed E-state index contributed by atoms with van der Waals surface area (Å²) in [6.45, 7) is 4.66. The number of aliphatic hydroxyl groups is 1. The highest BCUT2D eigenvalue weighted by molar-refractivity contribution is 4.83. The lowest BCUT2D eigenvalue weighted by Gasteiger charge is -2.04. The standard InChI is InChI=1S/C9H16N2O2/c1-8(2)11-6-5-10(9(11)13)4-3-7-12/h5-6,8,12H,3-4,7H2,1-2H3. The van der Waals surface area contributed by atoms with Gasteiger partial charge in [-0.1, -0.05) is 0 Å². The highest BCUT2D eigenvalue weighted by Gasteiger charge is 2.04. The van der Waals surface area contributed by atoms with Gasteiger partial charge in [-0.25, -0.2) is 4.79 Å². The first kappa shape index (κ1) is 10.1. The van der Waals surface area contributed by atoms with E-state index in [-0.39, 0.29) is 18.3 Å². The summed E-state index contributed by atoms with van der Waals surface area (Å²) >= 11 is 0. The van der Waals surface area contributed by atoms with Crippen molar-refractivity contribution in [1.29, 1.82) is 0 Å². The van der Waals surface area contributed by atoms with E-state index in [0.717, 1.165) is 0 Å². The molecule has 1 heterocycles. The first-order valence-corrected chi connectivity index (χ1v) is 4.55. The summed E-state index contributed by atoms with van der Waals surface area (Å²) in [6.07, 6.45) is 4.17. The Kier molecular flexibility index (Phi) is 3.31. The van der Waals surface area contributed by atoms with Gasteiger partial charge in [0.2, 0.25) is 0 Å². The van der Waals surface area contributed by atoms with Gasteiger partial charge >= 0.3 is 5.69 Å². The van der Waals surface area contributed by atoms with Crippen LogP contribution in [0.3, 0.4) is 0 Å². The van der Waals surface area contributed by atoms with Crippen LogP contribution in [0, 0.1) is 0 Å². The molecule has 0 aliphatic carbocycles. The summed E-state index contributed by atoms with van der Waals surface area (Å²) in [7, 11) is 0. The topological polar surface area (TPSA) is 47.2 Å². The van der Waals surface area contributed by atoms with E-state index in [2.05, 4.69) is 0 Å². The number of aryl methyl sites for hydroxylation is 1. The number of imidazole rings is 1. The predicted molar refractivity (Wildman–Crippen MR) is 50.8 cm³/mol. The average Bonchev–Trinajstić information content (AvgIpc) is 2.43. The molecule has 0 saturated heterocycles. The van der Waals surface area contributed by atoms with E-state index >= 15 is 0 Å². The minimum absolute atomic E-state index is 0.00319. The molecule has 0 atom stereocenters. The van der Waals surface area contributed by atoms with E-state index in [9.17, 15) is 4.79 Å². The Morgan fingerprint density at radius 2 is 2.15 bits per heavy atom. The third kappa shape index (κ3) is 2.21. The lowest BCUT2D eigenvalue weighted by molar-refractivity contribution is 0.278. The van der Waals surface area contributed by atoms with Crippen molar-refractivity contribution in [2.45, 2.75) is 32.9 Å². The zero-order valence-corrected chi connectivity index (χ0v) is 8.10. The molecule has 0 fully saturated rings. The lowest BCUT2D eigenvalue weighted by Crippen LogP contribution is -2.25. The maximum absolute atomic E-state index is 11.6. The summed E-state index contributed by atoms with van der Waals surface area (Å²) in [5.74, 6) is 0. The van der Waals surface area contributed by atoms with Crippen molar-refractivity contribution in [3.63, 3.8) is 0 Å². The zero-order chi connectivity index (χ0) is 9.84. The van der Waals surface area contributed by atoms with Crippen LogP contribution in [0.4, 0.5) is 0 Å². The second-order valence-corrected chi connectivity index (χ2v) is 3.35. The lowest BCUT2D eigenvalue weighted by atomic mass is 10.4. The van der Waals surface area contributed by atoms with Gasteiger partial charge in [0.1, 0.15) is 0 Å². The molecule has 4 heteroatoms. The van der Waals surface area contributed by atoms with Crippen LogP contribution in [0.25, 0.3) is 0 Å². The van der Waals surface area contributed by atoms with Crippen LogP contribution in [0.1, 0.15) is 26.3 Å². The third-order valence-corrected chi connectivity index (χ3v) is 1.99. The van der Waals surface area contributed by atoms with Crippen molar-refractivity contribution < 1.29 is 5.11 Å². The fraction of sp³-hybridized carbons (Fsp3) is 0.667. The van der Waals surface area contributed by atoms with Gasteiger partial charge < -0.3 is 5.11 Å². The molecule has 1 aromatic heterocycles. The Balaban J connectivity index is 2.81. The Hall–Kier alpha value is -1.03. The Labute approximate surface area is 77.4 Å². The summed E-state index contributed by atoms with van der Waals surface area (Å²) in [5, 5.41) is 8.61. The molecule has 1 aromatic rings. The van der Waals surface area contributed by atoms with Gasteiger partial charge in [-0.2, -0.15) is 0 Å². The van der Waals surface area contributed by atoms with Crippen LogP contribution < -0.4 is 5.69 Å². The minimum atomic E-state index is 0.00319. The fourth-order valence-electron chi connectivity index (χ4n) is 1.23. The number of nitrogens with zero attached hydrogens (tertiary/aromatic N) is 2. The molecule has 13 heavy (non-hydrogen) atoms. The second kappa shape index (κ2) is 4.28. The molecule has 4 nitrogen and oxygen atoms in total. The molecule has 0 unspecified atom stereocenters. The summed E-state index contributed by atoms with van der Waals surface area (Å²) in [5.41, 5.74) is 0.00319. The largest absolute Gasteiger partial charge is 0.396 e. The monoisotopic (exact) mass is 184 g/mol. The van der Waals surface area contributed by atoms with Crippen LogP contribution in [0.15, 0.2) is 17.2 Å². The van der Waals surface area contributed by atoms with E-state index in [1.807, 2.05) is 13.8 Å². The first-order valence-electron chi connectivity index (χ1n) is 4.55. The van der Waals surface area contributed by atoms with Gasteiger partial charge in [-0.05, 0) is 20.3 Å². The number of hydrogen-bond acceptors (Lipinski definition) is 2. The van der Waals surface area contributed by atoms with E-state index in [4.69, 9.17) is 5.11 Å². The number of aliphatic hydroxyl groups excluding tert-OH is 1. The van der Waals surface area contributed by atoms with Gasteiger partial charge in [0.05, 0.1) is 0 Å². The highest BCUT2D eigenvalue weighted by Crippen LogP contribution is 1.99. The molecular formula is C9H16N2O2. The first-order chi connectivity index (χ1) is 6.16. The van der Waals surface area contributed by atoms with Gasteiger partial charge in [0, 0.05) is 31.6 Å². The van der Waals surface area contributed by atoms with Crippen molar-refractivity contribution in [2.24, 2.45) is 0 Å². The fourth-order valence-corrected chi connectivity index (χ4v) is 1.23. The average molecular weight is 184 g/mol. The van der Waals surface area contributed by atoms with Crippen molar-refractivity contribution in [3.05, 3.63) is 22.9 Å². The predicted octanol–water partition coefficient (Wildman–Crippen LogP) is 0.613. The maximum atomic E-state index is 11.6. The van der Waals surface area contributed by atoms with Crippen LogP contribution in [0.2, 0.25) is 0 Å². The van der Waals surface area contributed by atoms with Gasteiger partial charge in [-0.3, -0.25) is 9.13 Å². The van der Waals surface area contributed by atoms with Crippen molar-refractivity contribution >= 4 is 0 Å². The van der Waals surface area contributed by atoms with Crippen LogP contribution >= 0.6 is 0 Å². The van der Waals surface area contributed by atoms with Crippen LogP contribution in [-0.4, -0.2) is 20.8 Å². The molecule has 1 rings (SSSR count). The minimum Gasteiger partial charge on any atom is -0.396 e. The van der Waals surface area contributed by atoms with Gasteiger partial charge in [0.15, 0.2) is 0 Å². The van der Waals surface area contributed by atoms with Crippen molar-refractivity contribution in [1.82, 2.24) is 9.13 Å². The van der Waals surface area contributed by atoms with E-state index in [1.54, 1.807) is 21.5 Å². The third-order valence-electron chi connectivity index (χ3n) is 1.99. The SMILES string of the molecule is CC(C)n1ccn(CCCO)c1=O. The second-order valence-electron chi connectivity index (χ2n) is 3.35. The molecule has 0 aliphatic rings. The Bertz CT molecular complexity index is 312. The van der Waals surface area contributed by atoms with Gasteiger partial charge in [-0.15, -0.1) is 0 Å². The Morgan fingerprint density at radius 3 is 2.62 bits per heavy atom. The number of hydrogen-bond donors (Lipinski definition) is 1. The van der Waals surface area contributed by atoms with Gasteiger partial charge in [0.25, 0.3) is 0 Å². The summed E-state index contributed by atoms with van der Waals surface area (Å²) in [4.78, 5) is 11.6. The molecule has 0 saturated carbocycles. The molecule has 0 radical (unpaired) electrons. The van der Waals surface area contributed by atoms with E-state index in [1.165, 1.54) is 0 Å². The van der Waals surface area contributed by atoms with E-state index in [0.29, 0.717) is 13.0 Å². The zero-order valence-electron chi connectivity index (χ0n) is 8.10. The Morgan fingerprint density at radius 1 is 1.46 bits per heavy atom. The quantitative estimate of drug-likeness (QED) is 0.745. The summed E-state index contributed by atoms with van der Waals surface area (Å²) < 4.78 is 3.30. The number of aromatic nitrogens is 2. The van der Waals surface area contributed by atoms with Crippen molar-refractivity contribution in [3.8, 4) is 0 Å². The molecule has 0 amide bonds. The summed E-state index contributed by atoms with van der Waals surface area (Å²) in [6, 6.07) is 0.197.